The van der Waals surface area contributed by atoms with Gasteiger partial charge in [0.15, 0.2) is 0 Å². The Hall–Kier alpha value is -1.53. The lowest BCUT2D eigenvalue weighted by molar-refractivity contribution is -0.137. The summed E-state index contributed by atoms with van der Waals surface area (Å²) in [5.41, 5.74) is -1.23. The maximum Gasteiger partial charge on any atom is 0.417 e. The molecule has 0 saturated heterocycles. The molecule has 7 heteroatoms. The van der Waals surface area contributed by atoms with Crippen molar-refractivity contribution in [3.8, 4) is 0 Å². The van der Waals surface area contributed by atoms with Crippen molar-refractivity contribution in [2.24, 2.45) is 0 Å². The van der Waals surface area contributed by atoms with Crippen molar-refractivity contribution in [2.75, 3.05) is 5.32 Å². The first-order valence-corrected chi connectivity index (χ1v) is 6.89. The van der Waals surface area contributed by atoms with E-state index in [1.807, 2.05) is 0 Å². The fourth-order valence-electron chi connectivity index (χ4n) is 1.70. The van der Waals surface area contributed by atoms with E-state index in [0.717, 1.165) is 12.1 Å². The van der Waals surface area contributed by atoms with Crippen LogP contribution in [-0.2, 0) is 6.18 Å². The van der Waals surface area contributed by atoms with E-state index in [4.69, 9.17) is 11.6 Å². The number of halogens is 5. The molecule has 0 aliphatic rings. The second kappa shape index (κ2) is 6.07. The SMILES string of the molecule is O=C(Nc1ccccc1Cl)c1ccc(Br)cc1C(F)(F)F. The van der Waals surface area contributed by atoms with Crippen LogP contribution in [0.1, 0.15) is 15.9 Å². The number of benzene rings is 2. The minimum Gasteiger partial charge on any atom is -0.321 e. The molecule has 1 N–H and O–H groups in total. The van der Waals surface area contributed by atoms with Crippen LogP contribution >= 0.6 is 27.5 Å². The van der Waals surface area contributed by atoms with Gasteiger partial charge in [0.25, 0.3) is 5.91 Å². The average molecular weight is 379 g/mol. The van der Waals surface area contributed by atoms with E-state index < -0.39 is 23.2 Å². The highest BCUT2D eigenvalue weighted by atomic mass is 79.9. The van der Waals surface area contributed by atoms with Gasteiger partial charge in [0, 0.05) is 4.47 Å². The van der Waals surface area contributed by atoms with Crippen molar-refractivity contribution in [1.29, 1.82) is 0 Å². The molecule has 0 atom stereocenters. The molecule has 0 aliphatic carbocycles. The molecule has 21 heavy (non-hydrogen) atoms. The molecule has 0 fully saturated rings. The number of hydrogen-bond donors (Lipinski definition) is 1. The van der Waals surface area contributed by atoms with E-state index in [9.17, 15) is 18.0 Å². The molecule has 0 bridgehead atoms. The summed E-state index contributed by atoms with van der Waals surface area (Å²) >= 11 is 8.83. The smallest absolute Gasteiger partial charge is 0.321 e. The lowest BCUT2D eigenvalue weighted by Gasteiger charge is -2.13. The first kappa shape index (κ1) is 15.9. The summed E-state index contributed by atoms with van der Waals surface area (Å²) in [7, 11) is 0. The number of nitrogens with one attached hydrogen (secondary N) is 1. The van der Waals surface area contributed by atoms with E-state index in [1.165, 1.54) is 18.2 Å². The largest absolute Gasteiger partial charge is 0.417 e. The highest BCUT2D eigenvalue weighted by Gasteiger charge is 2.35. The zero-order chi connectivity index (χ0) is 15.6. The normalized spacial score (nSPS) is 11.3. The lowest BCUT2D eigenvalue weighted by Crippen LogP contribution is -2.18. The highest BCUT2D eigenvalue weighted by Crippen LogP contribution is 2.34. The summed E-state index contributed by atoms with van der Waals surface area (Å²) in [6.07, 6.45) is -4.63. The van der Waals surface area contributed by atoms with Crippen LogP contribution in [0.3, 0.4) is 0 Å². The van der Waals surface area contributed by atoms with Gasteiger partial charge in [0.2, 0.25) is 0 Å². The molecule has 110 valence electrons. The van der Waals surface area contributed by atoms with E-state index in [2.05, 4.69) is 21.2 Å². The first-order chi connectivity index (χ1) is 9.79. The summed E-state index contributed by atoms with van der Waals surface area (Å²) in [5.74, 6) is -0.872. The minimum absolute atomic E-state index is 0.240. The molecule has 0 radical (unpaired) electrons. The third-order valence-corrected chi connectivity index (χ3v) is 3.48. The number of amides is 1. The molecule has 2 aromatic carbocycles. The van der Waals surface area contributed by atoms with Gasteiger partial charge in [-0.15, -0.1) is 0 Å². The lowest BCUT2D eigenvalue weighted by atomic mass is 10.1. The van der Waals surface area contributed by atoms with Crippen LogP contribution in [0.2, 0.25) is 5.02 Å². The molecular weight excluding hydrogens is 371 g/mol. The molecule has 2 rings (SSSR count). The van der Waals surface area contributed by atoms with E-state index in [0.29, 0.717) is 0 Å². The second-order valence-corrected chi connectivity index (χ2v) is 5.44. The minimum atomic E-state index is -4.63. The van der Waals surface area contributed by atoms with Crippen LogP contribution in [-0.4, -0.2) is 5.91 Å². The summed E-state index contributed by atoms with van der Waals surface area (Å²) in [6.45, 7) is 0. The van der Waals surface area contributed by atoms with Gasteiger partial charge < -0.3 is 5.32 Å². The third-order valence-electron chi connectivity index (χ3n) is 2.65. The number of alkyl halides is 3. The highest BCUT2D eigenvalue weighted by molar-refractivity contribution is 9.10. The maximum atomic E-state index is 13.0. The van der Waals surface area contributed by atoms with Gasteiger partial charge in [-0.05, 0) is 30.3 Å². The second-order valence-electron chi connectivity index (χ2n) is 4.12. The average Bonchev–Trinajstić information content (AvgIpc) is 2.40. The molecule has 1 amide bonds. The summed E-state index contributed by atoms with van der Waals surface area (Å²) in [6, 6.07) is 9.65. The Morgan fingerprint density at radius 2 is 1.81 bits per heavy atom. The number of carbonyl (C=O) groups excluding carboxylic acids is 1. The molecule has 0 saturated carbocycles. The van der Waals surface area contributed by atoms with E-state index >= 15 is 0 Å². The quantitative estimate of drug-likeness (QED) is 0.747. The molecule has 0 aliphatic heterocycles. The molecule has 0 heterocycles. The van der Waals surface area contributed by atoms with Crippen molar-refractivity contribution in [2.45, 2.75) is 6.18 Å². The van der Waals surface area contributed by atoms with Crippen LogP contribution in [0.4, 0.5) is 18.9 Å². The van der Waals surface area contributed by atoms with Gasteiger partial charge in [-0.25, -0.2) is 0 Å². The zero-order valence-electron chi connectivity index (χ0n) is 10.3. The Labute approximate surface area is 132 Å². The van der Waals surface area contributed by atoms with Gasteiger partial charge in [-0.1, -0.05) is 39.7 Å². The Morgan fingerprint density at radius 1 is 1.14 bits per heavy atom. The van der Waals surface area contributed by atoms with Crippen molar-refractivity contribution >= 4 is 39.1 Å². The van der Waals surface area contributed by atoms with Gasteiger partial charge in [0.1, 0.15) is 0 Å². The van der Waals surface area contributed by atoms with Crippen molar-refractivity contribution in [1.82, 2.24) is 0 Å². The van der Waals surface area contributed by atoms with Gasteiger partial charge in [-0.2, -0.15) is 13.2 Å². The molecule has 2 aromatic rings. The Kier molecular flexibility index (Phi) is 4.58. The van der Waals surface area contributed by atoms with Gasteiger partial charge in [-0.3, -0.25) is 4.79 Å². The van der Waals surface area contributed by atoms with Gasteiger partial charge >= 0.3 is 6.18 Å². The molecular formula is C14H8BrClF3NO. The zero-order valence-corrected chi connectivity index (χ0v) is 12.7. The maximum absolute atomic E-state index is 13.0. The van der Waals surface area contributed by atoms with E-state index in [1.54, 1.807) is 12.1 Å². The predicted octanol–water partition coefficient (Wildman–Crippen LogP) is 5.37. The summed E-state index contributed by atoms with van der Waals surface area (Å²) in [5, 5.41) is 2.62. The van der Waals surface area contributed by atoms with Crippen molar-refractivity contribution in [3.63, 3.8) is 0 Å². The summed E-state index contributed by atoms with van der Waals surface area (Å²) in [4.78, 5) is 12.1. The predicted molar refractivity (Wildman–Crippen MR) is 78.5 cm³/mol. The number of rotatable bonds is 2. The fourth-order valence-corrected chi connectivity index (χ4v) is 2.25. The van der Waals surface area contributed by atoms with Gasteiger partial charge in [0.05, 0.1) is 21.8 Å². The Balaban J connectivity index is 2.38. The van der Waals surface area contributed by atoms with Crippen LogP contribution in [0, 0.1) is 0 Å². The van der Waals surface area contributed by atoms with Crippen LogP contribution in [0.5, 0.6) is 0 Å². The molecule has 0 unspecified atom stereocenters. The number of anilines is 1. The fraction of sp³-hybridized carbons (Fsp3) is 0.0714. The monoisotopic (exact) mass is 377 g/mol. The third kappa shape index (κ3) is 3.77. The number of hydrogen-bond acceptors (Lipinski definition) is 1. The Bertz CT molecular complexity index is 688. The van der Waals surface area contributed by atoms with Crippen LogP contribution in [0.15, 0.2) is 46.9 Å². The van der Waals surface area contributed by atoms with Crippen molar-refractivity contribution in [3.05, 3.63) is 63.1 Å². The Morgan fingerprint density at radius 3 is 2.43 bits per heavy atom. The van der Waals surface area contributed by atoms with E-state index in [-0.39, 0.29) is 15.2 Å². The standard InChI is InChI=1S/C14H8BrClF3NO/c15-8-5-6-9(10(7-8)14(17,18)19)13(21)20-12-4-2-1-3-11(12)16/h1-7H,(H,20,21). The summed E-state index contributed by atoms with van der Waals surface area (Å²) < 4.78 is 39.2. The molecule has 0 aromatic heterocycles. The van der Waals surface area contributed by atoms with Crippen LogP contribution in [0.25, 0.3) is 0 Å². The molecule has 0 spiro atoms. The van der Waals surface area contributed by atoms with Crippen molar-refractivity contribution < 1.29 is 18.0 Å². The number of carbonyl (C=O) groups is 1. The van der Waals surface area contributed by atoms with Crippen LogP contribution < -0.4 is 5.32 Å². The topological polar surface area (TPSA) is 29.1 Å². The molecule has 2 nitrogen and oxygen atoms in total. The number of para-hydroxylation sites is 1. The first-order valence-electron chi connectivity index (χ1n) is 5.71.